The molecule has 0 fully saturated rings. The Labute approximate surface area is 189 Å². The lowest BCUT2D eigenvalue weighted by Gasteiger charge is -2.10. The molecule has 0 aliphatic rings. The average Bonchev–Trinajstić information content (AvgIpc) is 3.10. The number of benzene rings is 1. The maximum absolute atomic E-state index is 12.2. The molecule has 13 heteroatoms. The molecule has 6 N–H and O–H groups in total. The molecule has 168 valence electrons. The van der Waals surface area contributed by atoms with Crippen LogP contribution in [0.5, 0.6) is 0 Å². The Bertz CT molecular complexity index is 1200. The van der Waals surface area contributed by atoms with Gasteiger partial charge in [0, 0.05) is 22.4 Å². The number of nitrogens with zero attached hydrogens (tertiary/aromatic N) is 2. The zero-order valence-electron chi connectivity index (χ0n) is 17.1. The SMILES string of the molecule is COC(=O)CNCC(=O)Nc1cccc(-c2nc([S+](C)[O-])nc3sc(C(N)=O)c(N)c23)c1. The van der Waals surface area contributed by atoms with Crippen molar-refractivity contribution in [3.05, 3.63) is 29.1 Å². The highest BCUT2D eigenvalue weighted by atomic mass is 32.2. The molecule has 0 aliphatic heterocycles. The van der Waals surface area contributed by atoms with E-state index in [-0.39, 0.29) is 34.7 Å². The molecule has 2 amide bonds. The number of primary amides is 1. The number of fused-ring (bicyclic) bond motifs is 1. The molecule has 0 radical (unpaired) electrons. The third-order valence-corrected chi connectivity index (χ3v) is 6.06. The number of anilines is 2. The van der Waals surface area contributed by atoms with Gasteiger partial charge >= 0.3 is 11.1 Å². The summed E-state index contributed by atoms with van der Waals surface area (Å²) in [5.41, 5.74) is 13.1. The summed E-state index contributed by atoms with van der Waals surface area (Å²) in [6.45, 7) is -0.199. The second kappa shape index (κ2) is 9.91. The largest absolute Gasteiger partial charge is 0.609 e. The van der Waals surface area contributed by atoms with Crippen LogP contribution in [0.1, 0.15) is 9.67 Å². The molecule has 2 heterocycles. The number of rotatable bonds is 8. The predicted octanol–water partition coefficient (Wildman–Crippen LogP) is 0.478. The standard InChI is InChI=1S/C19H20N6O5S2/c1-30-12(27)8-22-7-11(26)23-10-5-3-4-9(6-10)15-13-14(20)16(17(21)28)31-18(13)25-19(24-15)32(2)29/h3-6,22H,7-8,20H2,1-2H3,(H2,21,28)(H,23,26). The smallest absolute Gasteiger partial charge is 0.344 e. The molecule has 3 rings (SSSR count). The van der Waals surface area contributed by atoms with Crippen LogP contribution in [0.25, 0.3) is 21.5 Å². The van der Waals surface area contributed by atoms with E-state index < -0.39 is 23.1 Å². The van der Waals surface area contributed by atoms with Crippen LogP contribution in [0.4, 0.5) is 11.4 Å². The molecular weight excluding hydrogens is 456 g/mol. The fourth-order valence-electron chi connectivity index (χ4n) is 2.82. The molecule has 2 aromatic heterocycles. The second-order valence-corrected chi connectivity index (χ2v) is 8.78. The molecule has 1 unspecified atom stereocenters. The molecule has 32 heavy (non-hydrogen) atoms. The summed E-state index contributed by atoms with van der Waals surface area (Å²) < 4.78 is 16.5. The topological polar surface area (TPSA) is 185 Å². The Morgan fingerprint density at radius 2 is 2.00 bits per heavy atom. The number of nitrogen functional groups attached to an aromatic ring is 1. The first-order valence-electron chi connectivity index (χ1n) is 9.12. The van der Waals surface area contributed by atoms with Gasteiger partial charge in [-0.2, -0.15) is 9.97 Å². The number of amides is 2. The van der Waals surface area contributed by atoms with Crippen LogP contribution < -0.4 is 22.1 Å². The summed E-state index contributed by atoms with van der Waals surface area (Å²) >= 11 is -0.489. The molecule has 1 atom stereocenters. The van der Waals surface area contributed by atoms with Crippen molar-refractivity contribution < 1.29 is 23.7 Å². The predicted molar refractivity (Wildman–Crippen MR) is 122 cm³/mol. The molecule has 1 aromatic carbocycles. The summed E-state index contributed by atoms with van der Waals surface area (Å²) in [5, 5.41) is 5.87. The highest BCUT2D eigenvalue weighted by Crippen LogP contribution is 2.39. The second-order valence-electron chi connectivity index (χ2n) is 6.51. The van der Waals surface area contributed by atoms with Crippen LogP contribution in [0.15, 0.2) is 29.4 Å². The molecule has 0 bridgehead atoms. The van der Waals surface area contributed by atoms with E-state index in [0.717, 1.165) is 11.3 Å². The van der Waals surface area contributed by atoms with Crippen molar-refractivity contribution in [2.24, 2.45) is 5.73 Å². The number of esters is 1. The highest BCUT2D eigenvalue weighted by Gasteiger charge is 2.23. The maximum atomic E-state index is 12.2. The van der Waals surface area contributed by atoms with Gasteiger partial charge in [0.15, 0.2) is 0 Å². The van der Waals surface area contributed by atoms with Crippen LogP contribution in [-0.2, 0) is 25.5 Å². The van der Waals surface area contributed by atoms with Crippen molar-refractivity contribution in [1.82, 2.24) is 15.3 Å². The molecule has 11 nitrogen and oxygen atoms in total. The molecule has 0 saturated carbocycles. The van der Waals surface area contributed by atoms with Crippen LogP contribution >= 0.6 is 11.3 Å². The van der Waals surface area contributed by atoms with Crippen LogP contribution in [0.3, 0.4) is 0 Å². The first-order valence-corrected chi connectivity index (χ1v) is 11.5. The number of hydrogen-bond acceptors (Lipinski definition) is 10. The van der Waals surface area contributed by atoms with Gasteiger partial charge < -0.3 is 26.1 Å². The van der Waals surface area contributed by atoms with Gasteiger partial charge in [-0.25, -0.2) is 0 Å². The molecule has 0 spiro atoms. The van der Waals surface area contributed by atoms with E-state index in [0.29, 0.717) is 27.2 Å². The number of hydrogen-bond donors (Lipinski definition) is 4. The number of carbonyl (C=O) groups is 3. The van der Waals surface area contributed by atoms with E-state index in [1.54, 1.807) is 24.3 Å². The number of carbonyl (C=O) groups excluding carboxylic acids is 3. The Balaban J connectivity index is 1.95. The lowest BCUT2D eigenvalue weighted by Crippen LogP contribution is -2.32. The van der Waals surface area contributed by atoms with E-state index in [1.165, 1.54) is 13.4 Å². The summed E-state index contributed by atoms with van der Waals surface area (Å²) in [6, 6.07) is 6.76. The zero-order chi connectivity index (χ0) is 23.4. The summed E-state index contributed by atoms with van der Waals surface area (Å²) in [7, 11) is 1.26. The summed E-state index contributed by atoms with van der Waals surface area (Å²) in [5.74, 6) is -1.56. The molecule has 3 aromatic rings. The van der Waals surface area contributed by atoms with E-state index in [9.17, 15) is 18.9 Å². The lowest BCUT2D eigenvalue weighted by atomic mass is 10.1. The van der Waals surface area contributed by atoms with Gasteiger partial charge in [-0.3, -0.25) is 19.7 Å². The van der Waals surface area contributed by atoms with Crippen molar-refractivity contribution in [3.63, 3.8) is 0 Å². The minimum absolute atomic E-state index is 0.0752. The Kier molecular flexibility index (Phi) is 7.25. The van der Waals surface area contributed by atoms with Crippen molar-refractivity contribution in [3.8, 4) is 11.3 Å². The number of nitrogens with one attached hydrogen (secondary N) is 2. The number of thiophene rings is 1. The van der Waals surface area contributed by atoms with E-state index in [1.807, 2.05) is 0 Å². The highest BCUT2D eigenvalue weighted by molar-refractivity contribution is 7.90. The Morgan fingerprint density at radius 3 is 2.66 bits per heavy atom. The average molecular weight is 477 g/mol. The number of nitrogens with two attached hydrogens (primary N) is 2. The van der Waals surface area contributed by atoms with Gasteiger partial charge in [0.25, 0.3) is 5.91 Å². The molecular formula is C19H20N6O5S2. The van der Waals surface area contributed by atoms with Crippen LogP contribution in [0.2, 0.25) is 0 Å². The monoisotopic (exact) mass is 476 g/mol. The van der Waals surface area contributed by atoms with Gasteiger partial charge in [-0.15, -0.1) is 11.3 Å². The van der Waals surface area contributed by atoms with Gasteiger partial charge in [0.05, 0.1) is 37.0 Å². The summed E-state index contributed by atoms with van der Waals surface area (Å²) in [4.78, 5) is 44.2. The Morgan fingerprint density at radius 1 is 1.25 bits per heavy atom. The third kappa shape index (κ3) is 5.13. The first-order chi connectivity index (χ1) is 15.2. The fourth-order valence-corrected chi connectivity index (χ4v) is 4.27. The van der Waals surface area contributed by atoms with Crippen molar-refractivity contribution >= 4 is 61.9 Å². The molecule has 0 saturated heterocycles. The number of aromatic nitrogens is 2. The zero-order valence-corrected chi connectivity index (χ0v) is 18.8. The normalized spacial score (nSPS) is 11.8. The third-order valence-electron chi connectivity index (χ3n) is 4.25. The van der Waals surface area contributed by atoms with E-state index in [2.05, 4.69) is 25.3 Å². The minimum Gasteiger partial charge on any atom is -0.609 e. The minimum atomic E-state index is -1.49. The van der Waals surface area contributed by atoms with Crippen molar-refractivity contribution in [2.75, 3.05) is 37.5 Å². The Hall–Kier alpha value is -3.26. The van der Waals surface area contributed by atoms with Crippen molar-refractivity contribution in [1.29, 1.82) is 0 Å². The quantitative estimate of drug-likeness (QED) is 0.204. The van der Waals surface area contributed by atoms with Crippen LogP contribution in [-0.4, -0.2) is 58.8 Å². The van der Waals surface area contributed by atoms with Gasteiger partial charge in [-0.1, -0.05) is 12.1 Å². The van der Waals surface area contributed by atoms with Crippen molar-refractivity contribution in [2.45, 2.75) is 5.16 Å². The van der Waals surface area contributed by atoms with E-state index >= 15 is 0 Å². The van der Waals surface area contributed by atoms with Gasteiger partial charge in [0.2, 0.25) is 5.91 Å². The maximum Gasteiger partial charge on any atom is 0.344 e. The van der Waals surface area contributed by atoms with Gasteiger partial charge in [-0.05, 0) is 12.1 Å². The van der Waals surface area contributed by atoms with Crippen LogP contribution in [0, 0.1) is 0 Å². The molecule has 0 aliphatic carbocycles. The van der Waals surface area contributed by atoms with E-state index in [4.69, 9.17) is 11.5 Å². The first kappa shape index (κ1) is 23.4. The lowest BCUT2D eigenvalue weighted by molar-refractivity contribution is -0.139. The number of ether oxygens (including phenoxy) is 1. The fraction of sp³-hybridized carbons (Fsp3) is 0.211. The van der Waals surface area contributed by atoms with Gasteiger partial charge in [0.1, 0.15) is 16.0 Å². The summed E-state index contributed by atoms with van der Waals surface area (Å²) in [6.07, 6.45) is 1.44. The number of methoxy groups -OCH3 is 1.